The van der Waals surface area contributed by atoms with Crippen LogP contribution in [0.2, 0.25) is 0 Å². The van der Waals surface area contributed by atoms with Gasteiger partial charge in [-0.15, -0.1) is 0 Å². The van der Waals surface area contributed by atoms with Gasteiger partial charge in [0, 0.05) is 5.54 Å². The van der Waals surface area contributed by atoms with Gasteiger partial charge < -0.3 is 5.32 Å². The summed E-state index contributed by atoms with van der Waals surface area (Å²) >= 11 is 0. The van der Waals surface area contributed by atoms with Crippen LogP contribution in [0.5, 0.6) is 0 Å². The number of hydrogen-bond acceptors (Lipinski definition) is 3. The Hall–Kier alpha value is 0.0800. The molecule has 86 valence electrons. The Bertz CT molecular complexity index is 285. The summed E-state index contributed by atoms with van der Waals surface area (Å²) in [7, 11) is -4.67. The van der Waals surface area contributed by atoms with E-state index in [-0.39, 0.29) is 41.0 Å². The van der Waals surface area contributed by atoms with Crippen LogP contribution in [-0.4, -0.2) is 58.5 Å². The van der Waals surface area contributed by atoms with Gasteiger partial charge in [-0.1, -0.05) is 6.58 Å². The van der Waals surface area contributed by atoms with Gasteiger partial charge in [-0.2, -0.15) is 8.42 Å². The fourth-order valence-electron chi connectivity index (χ4n) is 0.421. The average Bonchev–Trinajstić information content (AvgIpc) is 1.79. The fourth-order valence-corrected chi connectivity index (χ4v) is 0.421. The summed E-state index contributed by atoms with van der Waals surface area (Å²) in [6, 6.07) is 0. The van der Waals surface area contributed by atoms with E-state index in [1.807, 2.05) is 20.8 Å². The Balaban J connectivity index is -0.000000208. The zero-order chi connectivity index (χ0) is 12.0. The number of amides is 1. The van der Waals surface area contributed by atoms with E-state index < -0.39 is 10.4 Å². The Labute approximate surface area is 112 Å². The molecule has 0 saturated heterocycles. The third-order valence-electron chi connectivity index (χ3n) is 0.684. The zero-order valence-electron chi connectivity index (χ0n) is 8.31. The van der Waals surface area contributed by atoms with Gasteiger partial charge in [0.05, 0.1) is 0 Å². The van der Waals surface area contributed by atoms with E-state index in [4.69, 9.17) is 17.5 Å². The Morgan fingerprint density at radius 3 is 1.67 bits per heavy atom. The monoisotopic (exact) mass is 249 g/mol. The molecule has 0 saturated carbocycles. The summed E-state index contributed by atoms with van der Waals surface area (Å²) in [4.78, 5) is 10.6. The van der Waals surface area contributed by atoms with Crippen LogP contribution in [0.3, 0.4) is 0 Å². The molecule has 0 aromatic rings. The third kappa shape index (κ3) is 41.0. The maximum absolute atomic E-state index is 10.6. The fraction of sp³-hybridized carbons (Fsp3) is 0.571. The van der Waals surface area contributed by atoms with Crippen molar-refractivity contribution < 1.29 is 22.3 Å². The predicted octanol–water partition coefficient (Wildman–Crippen LogP) is -0.214. The van der Waals surface area contributed by atoms with Crippen molar-refractivity contribution in [1.29, 1.82) is 0 Å². The van der Waals surface area contributed by atoms with E-state index in [1.54, 1.807) is 0 Å². The first-order chi connectivity index (χ1) is 5.95. The molecule has 0 unspecified atom stereocenters. The van der Waals surface area contributed by atoms with Crippen molar-refractivity contribution in [2.45, 2.75) is 26.3 Å². The molecular formula is C7H16NNaO5S. The first-order valence-electron chi connectivity index (χ1n) is 3.60. The van der Waals surface area contributed by atoms with Gasteiger partial charge in [0.1, 0.15) is 0 Å². The molecule has 0 aliphatic rings. The normalized spacial score (nSPS) is 10.2. The standard InChI is InChI=1S/C7H13NO.Na.H2O4S.H/c1-5-6(9)8-7(2,3)4;;1-5(2,3)4;/h5H,1H2,2-4H3,(H,8,9);;(H2,1,2,3,4);. The molecule has 0 bridgehead atoms. The molecule has 1 amide bonds. The molecule has 0 atom stereocenters. The van der Waals surface area contributed by atoms with Crippen molar-refractivity contribution in [2.24, 2.45) is 0 Å². The van der Waals surface area contributed by atoms with Crippen molar-refractivity contribution in [3.05, 3.63) is 12.7 Å². The minimum atomic E-state index is -4.67. The van der Waals surface area contributed by atoms with Crippen molar-refractivity contribution in [2.75, 3.05) is 0 Å². The number of rotatable bonds is 1. The molecule has 0 rings (SSSR count). The SMILES string of the molecule is C=CC(=O)NC(C)(C)C.O=S(=O)(O)O.[NaH]. The summed E-state index contributed by atoms with van der Waals surface area (Å²) < 4.78 is 31.6. The van der Waals surface area contributed by atoms with Crippen LogP contribution in [0.4, 0.5) is 0 Å². The second-order valence-corrected chi connectivity index (χ2v) is 4.29. The molecule has 0 heterocycles. The predicted molar refractivity (Wildman–Crippen MR) is 59.4 cm³/mol. The molecule has 3 N–H and O–H groups in total. The second kappa shape index (κ2) is 8.26. The van der Waals surface area contributed by atoms with E-state index in [1.165, 1.54) is 6.08 Å². The van der Waals surface area contributed by atoms with Gasteiger partial charge >= 0.3 is 40.0 Å². The second-order valence-electron chi connectivity index (χ2n) is 3.39. The summed E-state index contributed by atoms with van der Waals surface area (Å²) in [6.45, 7) is 9.11. The van der Waals surface area contributed by atoms with E-state index >= 15 is 0 Å². The summed E-state index contributed by atoms with van der Waals surface area (Å²) in [5.74, 6) is -0.123. The first-order valence-corrected chi connectivity index (χ1v) is 5.00. The van der Waals surface area contributed by atoms with Crippen LogP contribution >= 0.6 is 0 Å². The van der Waals surface area contributed by atoms with Crippen molar-refractivity contribution in [3.8, 4) is 0 Å². The summed E-state index contributed by atoms with van der Waals surface area (Å²) in [6.07, 6.45) is 1.27. The van der Waals surface area contributed by atoms with Gasteiger partial charge in [0.25, 0.3) is 0 Å². The Morgan fingerprint density at radius 2 is 1.60 bits per heavy atom. The summed E-state index contributed by atoms with van der Waals surface area (Å²) in [5.41, 5.74) is -0.148. The van der Waals surface area contributed by atoms with Crippen molar-refractivity contribution in [3.63, 3.8) is 0 Å². The van der Waals surface area contributed by atoms with E-state index in [9.17, 15) is 4.79 Å². The van der Waals surface area contributed by atoms with E-state index in [0.29, 0.717) is 0 Å². The van der Waals surface area contributed by atoms with Gasteiger partial charge in [-0.25, -0.2) is 0 Å². The molecule has 0 spiro atoms. The van der Waals surface area contributed by atoms with Gasteiger partial charge in [-0.05, 0) is 26.8 Å². The van der Waals surface area contributed by atoms with E-state index in [0.717, 1.165) is 0 Å². The van der Waals surface area contributed by atoms with Gasteiger partial charge in [-0.3, -0.25) is 13.9 Å². The zero-order valence-corrected chi connectivity index (χ0v) is 9.13. The molecule has 0 aliphatic heterocycles. The minimum absolute atomic E-state index is 0. The Kier molecular flexibility index (Phi) is 11.3. The molecule has 15 heavy (non-hydrogen) atoms. The van der Waals surface area contributed by atoms with Crippen LogP contribution in [-0.2, 0) is 15.2 Å². The quantitative estimate of drug-likeness (QED) is 0.339. The van der Waals surface area contributed by atoms with Crippen LogP contribution in [0, 0.1) is 0 Å². The molecule has 0 fully saturated rings. The molecule has 0 aromatic carbocycles. The number of carbonyl (C=O) groups excluding carboxylic acids is 1. The van der Waals surface area contributed by atoms with Crippen LogP contribution in [0.15, 0.2) is 12.7 Å². The molecule has 8 heteroatoms. The van der Waals surface area contributed by atoms with Crippen LogP contribution in [0.1, 0.15) is 20.8 Å². The molecule has 0 radical (unpaired) electrons. The average molecular weight is 249 g/mol. The topological polar surface area (TPSA) is 104 Å². The van der Waals surface area contributed by atoms with Crippen LogP contribution in [0.25, 0.3) is 0 Å². The molecule has 6 nitrogen and oxygen atoms in total. The Morgan fingerprint density at radius 1 is 1.33 bits per heavy atom. The van der Waals surface area contributed by atoms with Gasteiger partial charge in [0.15, 0.2) is 0 Å². The first kappa shape index (κ1) is 20.5. The number of nitrogens with one attached hydrogen (secondary N) is 1. The third-order valence-corrected chi connectivity index (χ3v) is 0.684. The van der Waals surface area contributed by atoms with Crippen molar-refractivity contribution in [1.82, 2.24) is 5.32 Å². The maximum atomic E-state index is 10.6. The van der Waals surface area contributed by atoms with E-state index in [2.05, 4.69) is 11.9 Å². The van der Waals surface area contributed by atoms with Crippen molar-refractivity contribution >= 4 is 45.9 Å². The summed E-state index contributed by atoms with van der Waals surface area (Å²) in [5, 5.41) is 2.71. The van der Waals surface area contributed by atoms with Crippen LogP contribution < -0.4 is 5.32 Å². The molecule has 0 aromatic heterocycles. The molecule has 0 aliphatic carbocycles. The molecular weight excluding hydrogens is 233 g/mol. The number of carbonyl (C=O) groups is 1. The number of hydrogen-bond donors (Lipinski definition) is 3. The van der Waals surface area contributed by atoms with Gasteiger partial charge in [0.2, 0.25) is 5.91 Å².